The summed E-state index contributed by atoms with van der Waals surface area (Å²) in [5.74, 6) is -2.21. The number of hydrogen-bond acceptors (Lipinski definition) is 2. The Morgan fingerprint density at radius 3 is 2.39 bits per heavy atom. The lowest BCUT2D eigenvalue weighted by molar-refractivity contribution is -0.160. The predicted molar refractivity (Wildman–Crippen MR) is 63.7 cm³/mol. The number of hydrogen-bond donors (Lipinski definition) is 1. The lowest BCUT2D eigenvalue weighted by Crippen LogP contribution is -2.51. The number of rotatable bonds is 3. The average molecular weight is 251 g/mol. The molecule has 1 aromatic carbocycles. The Hall–Kier alpha value is -1.91. The number of halogens is 1. The number of carbonyl (C=O) groups excluding carboxylic acids is 1. The highest BCUT2D eigenvalue weighted by Gasteiger charge is 2.52. The molecule has 5 heteroatoms. The summed E-state index contributed by atoms with van der Waals surface area (Å²) in [5, 5.41) is 9.18. The molecule has 1 saturated carbocycles. The van der Waals surface area contributed by atoms with Gasteiger partial charge in [-0.15, -0.1) is 0 Å². The van der Waals surface area contributed by atoms with Crippen molar-refractivity contribution in [3.05, 3.63) is 30.1 Å². The van der Waals surface area contributed by atoms with Crippen molar-refractivity contribution in [3.63, 3.8) is 0 Å². The number of carboxylic acids is 1. The summed E-state index contributed by atoms with van der Waals surface area (Å²) in [6.45, 7) is 0. The molecule has 96 valence electrons. The third kappa shape index (κ3) is 1.75. The summed E-state index contributed by atoms with van der Waals surface area (Å²) in [4.78, 5) is 24.5. The normalized spacial score (nSPS) is 16.8. The van der Waals surface area contributed by atoms with E-state index >= 15 is 0 Å². The molecule has 0 saturated heterocycles. The second-order valence-corrected chi connectivity index (χ2v) is 4.56. The van der Waals surface area contributed by atoms with Gasteiger partial charge < -0.3 is 10.0 Å². The van der Waals surface area contributed by atoms with Crippen LogP contribution in [0.15, 0.2) is 24.3 Å². The third-order valence-electron chi connectivity index (χ3n) is 3.54. The highest BCUT2D eigenvalue weighted by atomic mass is 19.1. The summed E-state index contributed by atoms with van der Waals surface area (Å²) in [7, 11) is 1.41. The molecule has 0 unspecified atom stereocenters. The smallest absolute Gasteiger partial charge is 0.319 e. The molecule has 2 rings (SSSR count). The fourth-order valence-corrected chi connectivity index (χ4v) is 2.20. The van der Waals surface area contributed by atoms with Gasteiger partial charge in [-0.3, -0.25) is 9.59 Å². The average Bonchev–Trinajstić information content (AvgIpc) is 2.26. The lowest BCUT2D eigenvalue weighted by atomic mass is 9.68. The second-order valence-electron chi connectivity index (χ2n) is 4.56. The molecule has 1 amide bonds. The first kappa shape index (κ1) is 12.5. The quantitative estimate of drug-likeness (QED) is 0.836. The maximum absolute atomic E-state index is 13.6. The Morgan fingerprint density at radius 2 is 1.94 bits per heavy atom. The van der Waals surface area contributed by atoms with Gasteiger partial charge in [0.1, 0.15) is 11.2 Å². The lowest BCUT2D eigenvalue weighted by Gasteiger charge is -2.38. The standard InChI is InChI=1S/C13H14FNO3/c1-15(10-6-3-2-5-9(10)14)11(16)13(12(17)18)7-4-8-13/h2-3,5-6H,4,7-8H2,1H3,(H,17,18). The molecule has 1 N–H and O–H groups in total. The van der Waals surface area contributed by atoms with E-state index < -0.39 is 23.1 Å². The van der Waals surface area contributed by atoms with E-state index in [9.17, 15) is 19.1 Å². The van der Waals surface area contributed by atoms with Crippen molar-refractivity contribution in [2.75, 3.05) is 11.9 Å². The third-order valence-corrected chi connectivity index (χ3v) is 3.54. The largest absolute Gasteiger partial charge is 0.480 e. The fraction of sp³-hybridized carbons (Fsp3) is 0.385. The molecule has 1 aromatic rings. The highest BCUT2D eigenvalue weighted by molar-refractivity contribution is 6.10. The van der Waals surface area contributed by atoms with Gasteiger partial charge in [-0.1, -0.05) is 18.6 Å². The zero-order valence-corrected chi connectivity index (χ0v) is 10.0. The highest BCUT2D eigenvalue weighted by Crippen LogP contribution is 2.43. The number of carboxylic acid groups (broad SMARTS) is 1. The molecule has 0 spiro atoms. The fourth-order valence-electron chi connectivity index (χ4n) is 2.20. The van der Waals surface area contributed by atoms with Crippen LogP contribution in [0.25, 0.3) is 0 Å². The number of amides is 1. The zero-order valence-electron chi connectivity index (χ0n) is 10.0. The van der Waals surface area contributed by atoms with Crippen LogP contribution >= 0.6 is 0 Å². The van der Waals surface area contributed by atoms with Gasteiger partial charge in [-0.25, -0.2) is 4.39 Å². The Labute approximate surface area is 104 Å². The first-order chi connectivity index (χ1) is 8.49. The van der Waals surface area contributed by atoms with Crippen LogP contribution in [0.4, 0.5) is 10.1 Å². The molecule has 0 bridgehead atoms. The van der Waals surface area contributed by atoms with Crippen molar-refractivity contribution in [1.82, 2.24) is 0 Å². The number of anilines is 1. The van der Waals surface area contributed by atoms with Crippen molar-refractivity contribution < 1.29 is 19.1 Å². The SMILES string of the molecule is CN(C(=O)C1(C(=O)O)CCC1)c1ccccc1F. The summed E-state index contributed by atoms with van der Waals surface area (Å²) in [5.41, 5.74) is -1.26. The maximum atomic E-state index is 13.6. The maximum Gasteiger partial charge on any atom is 0.319 e. The minimum absolute atomic E-state index is 0.107. The van der Waals surface area contributed by atoms with E-state index in [2.05, 4.69) is 0 Å². The molecule has 0 aromatic heterocycles. The Balaban J connectivity index is 2.29. The Kier molecular flexibility index (Phi) is 3.07. The van der Waals surface area contributed by atoms with Gasteiger partial charge in [0, 0.05) is 7.05 Å². The predicted octanol–water partition coefficient (Wildman–Crippen LogP) is 2.04. The van der Waals surface area contributed by atoms with Crippen molar-refractivity contribution in [1.29, 1.82) is 0 Å². The molecule has 0 heterocycles. The monoisotopic (exact) mass is 251 g/mol. The number of aliphatic carboxylic acids is 1. The molecular weight excluding hydrogens is 237 g/mol. The van der Waals surface area contributed by atoms with Gasteiger partial charge in [-0.05, 0) is 25.0 Å². The molecule has 1 fully saturated rings. The van der Waals surface area contributed by atoms with E-state index in [4.69, 9.17) is 0 Å². The summed E-state index contributed by atoms with van der Waals surface area (Å²) in [6, 6.07) is 5.83. The molecule has 1 aliphatic carbocycles. The van der Waals surface area contributed by atoms with Crippen molar-refractivity contribution in [2.24, 2.45) is 5.41 Å². The Bertz CT molecular complexity index is 497. The van der Waals surface area contributed by atoms with E-state index in [0.717, 1.165) is 4.90 Å². The molecule has 4 nitrogen and oxygen atoms in total. The van der Waals surface area contributed by atoms with Gasteiger partial charge in [0.05, 0.1) is 5.69 Å². The molecular formula is C13H14FNO3. The first-order valence-corrected chi connectivity index (χ1v) is 5.75. The van der Waals surface area contributed by atoms with Gasteiger partial charge in [0.2, 0.25) is 5.91 Å². The molecule has 18 heavy (non-hydrogen) atoms. The van der Waals surface area contributed by atoms with E-state index in [1.807, 2.05) is 0 Å². The van der Waals surface area contributed by atoms with Crippen LogP contribution in [0, 0.1) is 11.2 Å². The van der Waals surface area contributed by atoms with Crippen molar-refractivity contribution in [2.45, 2.75) is 19.3 Å². The number of nitrogens with zero attached hydrogens (tertiary/aromatic N) is 1. The van der Waals surface area contributed by atoms with Crippen molar-refractivity contribution in [3.8, 4) is 0 Å². The molecule has 0 aliphatic heterocycles. The van der Waals surface area contributed by atoms with E-state index in [0.29, 0.717) is 19.3 Å². The molecule has 0 radical (unpaired) electrons. The first-order valence-electron chi connectivity index (χ1n) is 5.75. The minimum atomic E-state index is -1.36. The summed E-state index contributed by atoms with van der Waals surface area (Å²) in [6.07, 6.45) is 1.35. The number of benzene rings is 1. The van der Waals surface area contributed by atoms with E-state index in [-0.39, 0.29) is 5.69 Å². The van der Waals surface area contributed by atoms with Crippen LogP contribution in [-0.4, -0.2) is 24.0 Å². The second kappa shape index (κ2) is 4.40. The topological polar surface area (TPSA) is 57.6 Å². The van der Waals surface area contributed by atoms with E-state index in [1.165, 1.54) is 25.2 Å². The van der Waals surface area contributed by atoms with E-state index in [1.54, 1.807) is 6.07 Å². The van der Waals surface area contributed by atoms with Crippen LogP contribution in [0.5, 0.6) is 0 Å². The summed E-state index contributed by atoms with van der Waals surface area (Å²) >= 11 is 0. The number of para-hydroxylation sites is 1. The van der Waals surface area contributed by atoms with Crippen molar-refractivity contribution >= 4 is 17.6 Å². The van der Waals surface area contributed by atoms with Gasteiger partial charge in [-0.2, -0.15) is 0 Å². The van der Waals surface area contributed by atoms with Gasteiger partial charge in [0.25, 0.3) is 0 Å². The Morgan fingerprint density at radius 1 is 1.33 bits per heavy atom. The zero-order chi connectivity index (χ0) is 13.3. The van der Waals surface area contributed by atoms with Crippen LogP contribution in [-0.2, 0) is 9.59 Å². The molecule has 0 atom stereocenters. The van der Waals surface area contributed by atoms with Gasteiger partial charge >= 0.3 is 5.97 Å². The van der Waals surface area contributed by atoms with Crippen LogP contribution < -0.4 is 4.90 Å². The molecule has 1 aliphatic rings. The van der Waals surface area contributed by atoms with Gasteiger partial charge in [0.15, 0.2) is 0 Å². The minimum Gasteiger partial charge on any atom is -0.480 e. The van der Waals surface area contributed by atoms with Crippen LogP contribution in [0.1, 0.15) is 19.3 Å². The summed E-state index contributed by atoms with van der Waals surface area (Å²) < 4.78 is 13.6. The van der Waals surface area contributed by atoms with Crippen LogP contribution in [0.2, 0.25) is 0 Å². The number of carbonyl (C=O) groups is 2. The van der Waals surface area contributed by atoms with Crippen LogP contribution in [0.3, 0.4) is 0 Å².